The predicted octanol–water partition coefficient (Wildman–Crippen LogP) is 4.78. The average Bonchev–Trinajstić information content (AvgIpc) is 2.68. The van der Waals surface area contributed by atoms with E-state index in [1.807, 2.05) is 98.8 Å². The normalized spacial score (nSPS) is 15.8. The first-order chi connectivity index (χ1) is 12.4. The summed E-state index contributed by atoms with van der Waals surface area (Å²) >= 11 is 0. The largest absolute Gasteiger partial charge is 0.385 e. The molecule has 2 heteroatoms. The van der Waals surface area contributed by atoms with Crippen molar-refractivity contribution >= 4 is 0 Å². The summed E-state index contributed by atoms with van der Waals surface area (Å²) in [5.74, 6) is 0. The van der Waals surface area contributed by atoms with E-state index in [4.69, 9.17) is 0 Å². The summed E-state index contributed by atoms with van der Waals surface area (Å²) in [6.07, 6.45) is 1.42. The summed E-state index contributed by atoms with van der Waals surface area (Å²) < 4.78 is 0. The number of hydrogen-bond acceptors (Lipinski definition) is 2. The lowest BCUT2D eigenvalue weighted by Crippen LogP contribution is -2.23. The standard InChI is InChI=1S/C24H26O2/c1-23(25,20-9-5-3-6-10-20)18-17-19-13-15-22(16-14-19)24(2,26)21-11-7-4-8-12-21/h3-16,25-26H,17-18H2,1-2H3. The van der Waals surface area contributed by atoms with Crippen LogP contribution in [0.4, 0.5) is 0 Å². The van der Waals surface area contributed by atoms with Crippen molar-refractivity contribution in [2.24, 2.45) is 0 Å². The SMILES string of the molecule is CC(O)(CCc1ccc(C(C)(O)c2ccccc2)cc1)c1ccccc1. The van der Waals surface area contributed by atoms with Crippen LogP contribution < -0.4 is 0 Å². The van der Waals surface area contributed by atoms with Crippen LogP contribution in [0.15, 0.2) is 84.9 Å². The molecule has 2 nitrogen and oxygen atoms in total. The van der Waals surface area contributed by atoms with Gasteiger partial charge in [-0.1, -0.05) is 84.9 Å². The third-order valence-corrected chi connectivity index (χ3v) is 5.15. The van der Waals surface area contributed by atoms with Gasteiger partial charge in [-0.3, -0.25) is 0 Å². The van der Waals surface area contributed by atoms with Crippen molar-refractivity contribution in [3.8, 4) is 0 Å². The molecule has 0 radical (unpaired) electrons. The first-order valence-electron chi connectivity index (χ1n) is 9.05. The first-order valence-corrected chi connectivity index (χ1v) is 9.05. The molecule has 134 valence electrons. The van der Waals surface area contributed by atoms with E-state index in [9.17, 15) is 10.2 Å². The van der Waals surface area contributed by atoms with E-state index in [0.717, 1.165) is 28.7 Å². The minimum atomic E-state index is -1.02. The summed E-state index contributed by atoms with van der Waals surface area (Å²) in [4.78, 5) is 0. The summed E-state index contributed by atoms with van der Waals surface area (Å²) in [7, 11) is 0. The van der Waals surface area contributed by atoms with Crippen molar-refractivity contribution in [1.29, 1.82) is 0 Å². The summed E-state index contributed by atoms with van der Waals surface area (Å²) in [6.45, 7) is 3.68. The molecule has 3 aromatic rings. The van der Waals surface area contributed by atoms with E-state index in [1.54, 1.807) is 0 Å². The van der Waals surface area contributed by atoms with Crippen LogP contribution in [0.2, 0.25) is 0 Å². The zero-order valence-electron chi connectivity index (χ0n) is 15.4. The Balaban J connectivity index is 1.70. The van der Waals surface area contributed by atoms with Crippen LogP contribution in [0.5, 0.6) is 0 Å². The Morgan fingerprint density at radius 3 is 1.62 bits per heavy atom. The highest BCUT2D eigenvalue weighted by Crippen LogP contribution is 2.30. The number of benzene rings is 3. The molecule has 0 saturated heterocycles. The number of aliphatic hydroxyl groups is 2. The smallest absolute Gasteiger partial charge is 0.112 e. The fourth-order valence-corrected chi connectivity index (χ4v) is 3.25. The fourth-order valence-electron chi connectivity index (χ4n) is 3.25. The Morgan fingerprint density at radius 2 is 1.08 bits per heavy atom. The van der Waals surface area contributed by atoms with Gasteiger partial charge in [-0.2, -0.15) is 0 Å². The highest BCUT2D eigenvalue weighted by atomic mass is 16.3. The van der Waals surface area contributed by atoms with Gasteiger partial charge in [-0.25, -0.2) is 0 Å². The molecular weight excluding hydrogens is 320 g/mol. The van der Waals surface area contributed by atoms with Crippen molar-refractivity contribution in [3.05, 3.63) is 107 Å². The molecule has 0 bridgehead atoms. The molecule has 2 atom stereocenters. The molecule has 0 fully saturated rings. The lowest BCUT2D eigenvalue weighted by atomic mass is 9.86. The van der Waals surface area contributed by atoms with Crippen LogP contribution in [0.3, 0.4) is 0 Å². The second-order valence-corrected chi connectivity index (χ2v) is 7.28. The maximum Gasteiger partial charge on any atom is 0.112 e. The summed E-state index contributed by atoms with van der Waals surface area (Å²) in [6, 6.07) is 27.5. The van der Waals surface area contributed by atoms with Crippen molar-refractivity contribution < 1.29 is 10.2 Å². The monoisotopic (exact) mass is 346 g/mol. The van der Waals surface area contributed by atoms with E-state index < -0.39 is 11.2 Å². The molecule has 0 amide bonds. The van der Waals surface area contributed by atoms with Crippen molar-refractivity contribution in [2.75, 3.05) is 0 Å². The number of rotatable bonds is 6. The minimum absolute atomic E-state index is 0.644. The van der Waals surface area contributed by atoms with Crippen LogP contribution >= 0.6 is 0 Å². The molecular formula is C24H26O2. The molecule has 0 saturated carbocycles. The van der Waals surface area contributed by atoms with Gasteiger partial charge in [0.2, 0.25) is 0 Å². The molecule has 2 unspecified atom stereocenters. The first kappa shape index (κ1) is 18.4. The highest BCUT2D eigenvalue weighted by molar-refractivity contribution is 5.36. The van der Waals surface area contributed by atoms with E-state index >= 15 is 0 Å². The van der Waals surface area contributed by atoms with E-state index in [0.29, 0.717) is 6.42 Å². The molecule has 0 aliphatic carbocycles. The number of hydrogen-bond donors (Lipinski definition) is 2. The molecule has 0 spiro atoms. The van der Waals surface area contributed by atoms with Gasteiger partial charge in [0.25, 0.3) is 0 Å². The molecule has 0 heterocycles. The van der Waals surface area contributed by atoms with Crippen LogP contribution in [0.1, 0.15) is 42.5 Å². The molecule has 0 aliphatic heterocycles. The lowest BCUT2D eigenvalue weighted by Gasteiger charge is -2.25. The van der Waals surface area contributed by atoms with Crippen LogP contribution in [-0.4, -0.2) is 10.2 Å². The molecule has 2 N–H and O–H groups in total. The van der Waals surface area contributed by atoms with Gasteiger partial charge >= 0.3 is 0 Å². The Labute approximate surface area is 155 Å². The highest BCUT2D eigenvalue weighted by Gasteiger charge is 2.25. The Hall–Kier alpha value is -2.42. The van der Waals surface area contributed by atoms with Gasteiger partial charge in [0, 0.05) is 0 Å². The van der Waals surface area contributed by atoms with Crippen molar-refractivity contribution in [1.82, 2.24) is 0 Å². The zero-order valence-corrected chi connectivity index (χ0v) is 15.4. The number of aryl methyl sites for hydroxylation is 1. The van der Waals surface area contributed by atoms with Crippen LogP contribution in [-0.2, 0) is 17.6 Å². The zero-order chi connectivity index (χ0) is 18.6. The second-order valence-electron chi connectivity index (χ2n) is 7.28. The Bertz CT molecular complexity index is 819. The third kappa shape index (κ3) is 4.04. The molecule has 26 heavy (non-hydrogen) atoms. The third-order valence-electron chi connectivity index (χ3n) is 5.15. The van der Waals surface area contributed by atoms with E-state index in [-0.39, 0.29) is 0 Å². The van der Waals surface area contributed by atoms with Gasteiger partial charge in [-0.05, 0) is 48.9 Å². The molecule has 0 aromatic heterocycles. The molecule has 3 rings (SSSR count). The van der Waals surface area contributed by atoms with Crippen molar-refractivity contribution in [3.63, 3.8) is 0 Å². The fraction of sp³-hybridized carbons (Fsp3) is 0.250. The van der Waals surface area contributed by atoms with Gasteiger partial charge in [0.1, 0.15) is 5.60 Å². The van der Waals surface area contributed by atoms with Crippen LogP contribution in [0, 0.1) is 0 Å². The summed E-state index contributed by atoms with van der Waals surface area (Å²) in [5.41, 5.74) is 1.95. The van der Waals surface area contributed by atoms with Gasteiger partial charge in [0.05, 0.1) is 5.60 Å². The average molecular weight is 346 g/mol. The van der Waals surface area contributed by atoms with E-state index in [1.165, 1.54) is 0 Å². The van der Waals surface area contributed by atoms with Gasteiger partial charge in [0.15, 0.2) is 0 Å². The second kappa shape index (κ2) is 7.45. The predicted molar refractivity (Wildman–Crippen MR) is 106 cm³/mol. The Kier molecular flexibility index (Phi) is 5.26. The maximum absolute atomic E-state index is 10.9. The maximum atomic E-state index is 10.9. The van der Waals surface area contributed by atoms with Gasteiger partial charge < -0.3 is 10.2 Å². The minimum Gasteiger partial charge on any atom is -0.385 e. The Morgan fingerprint density at radius 1 is 0.615 bits per heavy atom. The summed E-state index contributed by atoms with van der Waals surface area (Å²) in [5, 5.41) is 21.7. The quantitative estimate of drug-likeness (QED) is 0.674. The van der Waals surface area contributed by atoms with Crippen LogP contribution in [0.25, 0.3) is 0 Å². The van der Waals surface area contributed by atoms with E-state index in [2.05, 4.69) is 0 Å². The van der Waals surface area contributed by atoms with Crippen molar-refractivity contribution in [2.45, 2.75) is 37.9 Å². The lowest BCUT2D eigenvalue weighted by molar-refractivity contribution is 0.0480. The topological polar surface area (TPSA) is 40.5 Å². The van der Waals surface area contributed by atoms with Gasteiger partial charge in [-0.15, -0.1) is 0 Å². The molecule has 3 aromatic carbocycles. The molecule has 0 aliphatic rings.